The van der Waals surface area contributed by atoms with E-state index >= 15 is 0 Å². The maximum Gasteiger partial charge on any atom is 0.164 e. The third-order valence-corrected chi connectivity index (χ3v) is 2.41. The monoisotopic (exact) mass is 226 g/mol. The normalized spacial score (nSPS) is 10.2. The van der Waals surface area contributed by atoms with Crippen molar-refractivity contribution < 1.29 is 19.3 Å². The van der Waals surface area contributed by atoms with E-state index in [1.54, 1.807) is 21.3 Å². The van der Waals surface area contributed by atoms with Crippen molar-refractivity contribution in [2.75, 3.05) is 27.9 Å². The zero-order valence-corrected chi connectivity index (χ0v) is 9.95. The molecule has 0 amide bonds. The van der Waals surface area contributed by atoms with Crippen LogP contribution in [0.4, 0.5) is 0 Å². The molecule has 0 fully saturated rings. The number of benzene rings is 1. The van der Waals surface area contributed by atoms with Gasteiger partial charge in [0.05, 0.1) is 20.8 Å². The summed E-state index contributed by atoms with van der Waals surface area (Å²) in [5.74, 6) is 1.34. The summed E-state index contributed by atoms with van der Waals surface area (Å²) >= 11 is 0. The number of methoxy groups -OCH3 is 3. The number of ether oxygens (including phenoxy) is 3. The summed E-state index contributed by atoms with van der Waals surface area (Å²) in [6, 6.07) is 3.77. The standard InChI is InChI=1S/C12H18O4/c1-14-8-9-4-5-11(15-2)12(16-3)10(9)6-7-13/h4-5,13H,6-8H2,1-3H3. The molecular formula is C12H18O4. The summed E-state index contributed by atoms with van der Waals surface area (Å²) in [6.07, 6.45) is 0.527. The summed E-state index contributed by atoms with van der Waals surface area (Å²) in [6.45, 7) is 0.565. The van der Waals surface area contributed by atoms with E-state index in [9.17, 15) is 0 Å². The zero-order chi connectivity index (χ0) is 12.0. The van der Waals surface area contributed by atoms with Crippen LogP contribution in [-0.4, -0.2) is 33.0 Å². The van der Waals surface area contributed by atoms with Crippen LogP contribution in [0.2, 0.25) is 0 Å². The highest BCUT2D eigenvalue weighted by Crippen LogP contribution is 2.34. The lowest BCUT2D eigenvalue weighted by atomic mass is 10.0. The number of aliphatic hydroxyl groups is 1. The fourth-order valence-electron chi connectivity index (χ4n) is 1.71. The van der Waals surface area contributed by atoms with Crippen LogP contribution in [0, 0.1) is 0 Å². The summed E-state index contributed by atoms with van der Waals surface area (Å²) < 4.78 is 15.6. The fourth-order valence-corrected chi connectivity index (χ4v) is 1.71. The van der Waals surface area contributed by atoms with Gasteiger partial charge in [0.25, 0.3) is 0 Å². The zero-order valence-electron chi connectivity index (χ0n) is 9.95. The lowest BCUT2D eigenvalue weighted by Gasteiger charge is -2.15. The van der Waals surface area contributed by atoms with Crippen LogP contribution in [-0.2, 0) is 17.8 Å². The maximum absolute atomic E-state index is 9.06. The molecule has 1 rings (SSSR count). The van der Waals surface area contributed by atoms with E-state index < -0.39 is 0 Å². The molecular weight excluding hydrogens is 208 g/mol. The quantitative estimate of drug-likeness (QED) is 0.796. The lowest BCUT2D eigenvalue weighted by Crippen LogP contribution is -2.04. The molecule has 0 atom stereocenters. The molecule has 1 aromatic carbocycles. The largest absolute Gasteiger partial charge is 0.493 e. The number of hydrogen-bond donors (Lipinski definition) is 1. The molecule has 0 unspecified atom stereocenters. The molecule has 0 radical (unpaired) electrons. The van der Waals surface area contributed by atoms with Crippen molar-refractivity contribution >= 4 is 0 Å². The minimum Gasteiger partial charge on any atom is -0.493 e. The molecule has 0 heterocycles. The molecule has 0 saturated heterocycles. The molecule has 16 heavy (non-hydrogen) atoms. The third-order valence-electron chi connectivity index (χ3n) is 2.41. The lowest BCUT2D eigenvalue weighted by molar-refractivity contribution is 0.183. The first-order chi connectivity index (χ1) is 7.78. The average molecular weight is 226 g/mol. The van der Waals surface area contributed by atoms with Crippen molar-refractivity contribution in [3.8, 4) is 11.5 Å². The van der Waals surface area contributed by atoms with Gasteiger partial charge in [-0.25, -0.2) is 0 Å². The Bertz CT molecular complexity index is 336. The van der Waals surface area contributed by atoms with Gasteiger partial charge in [0.15, 0.2) is 11.5 Å². The minimum absolute atomic E-state index is 0.0697. The van der Waals surface area contributed by atoms with E-state index in [4.69, 9.17) is 19.3 Å². The van der Waals surface area contributed by atoms with Gasteiger partial charge in [0.1, 0.15) is 0 Å². The first kappa shape index (κ1) is 12.8. The molecule has 4 heteroatoms. The topological polar surface area (TPSA) is 47.9 Å². The van der Waals surface area contributed by atoms with Crippen molar-refractivity contribution in [2.45, 2.75) is 13.0 Å². The number of aliphatic hydroxyl groups excluding tert-OH is 1. The molecule has 1 aromatic rings. The van der Waals surface area contributed by atoms with Gasteiger partial charge in [-0.1, -0.05) is 6.07 Å². The van der Waals surface area contributed by atoms with E-state index in [0.29, 0.717) is 24.5 Å². The van der Waals surface area contributed by atoms with Gasteiger partial charge in [0.2, 0.25) is 0 Å². The van der Waals surface area contributed by atoms with Gasteiger partial charge >= 0.3 is 0 Å². The van der Waals surface area contributed by atoms with Gasteiger partial charge in [-0.05, 0) is 18.1 Å². The Morgan fingerprint density at radius 3 is 2.38 bits per heavy atom. The Balaban J connectivity index is 3.20. The summed E-state index contributed by atoms with van der Waals surface area (Å²) in [4.78, 5) is 0. The van der Waals surface area contributed by atoms with Crippen LogP contribution < -0.4 is 9.47 Å². The van der Waals surface area contributed by atoms with Crippen LogP contribution in [0.25, 0.3) is 0 Å². The molecule has 4 nitrogen and oxygen atoms in total. The van der Waals surface area contributed by atoms with Crippen molar-refractivity contribution in [3.05, 3.63) is 23.3 Å². The van der Waals surface area contributed by atoms with Gasteiger partial charge < -0.3 is 19.3 Å². The molecule has 0 aliphatic heterocycles. The molecule has 0 aromatic heterocycles. The molecule has 0 aliphatic rings. The Kier molecular flexibility index (Phi) is 5.08. The minimum atomic E-state index is 0.0697. The highest BCUT2D eigenvalue weighted by molar-refractivity contribution is 5.50. The van der Waals surface area contributed by atoms with E-state index in [0.717, 1.165) is 11.1 Å². The number of hydrogen-bond acceptors (Lipinski definition) is 4. The van der Waals surface area contributed by atoms with E-state index in [1.807, 2.05) is 12.1 Å². The van der Waals surface area contributed by atoms with Crippen molar-refractivity contribution in [2.24, 2.45) is 0 Å². The van der Waals surface area contributed by atoms with Crippen molar-refractivity contribution in [1.29, 1.82) is 0 Å². The molecule has 1 N–H and O–H groups in total. The van der Waals surface area contributed by atoms with Crippen LogP contribution in [0.3, 0.4) is 0 Å². The Morgan fingerprint density at radius 2 is 1.88 bits per heavy atom. The molecule has 0 aliphatic carbocycles. The second-order valence-electron chi connectivity index (χ2n) is 3.35. The number of rotatable bonds is 6. The van der Waals surface area contributed by atoms with E-state index in [-0.39, 0.29) is 6.61 Å². The third kappa shape index (κ3) is 2.65. The smallest absolute Gasteiger partial charge is 0.164 e. The van der Waals surface area contributed by atoms with Gasteiger partial charge in [-0.3, -0.25) is 0 Å². The summed E-state index contributed by atoms with van der Waals surface area (Å²) in [7, 11) is 4.82. The Hall–Kier alpha value is -1.26. The van der Waals surface area contributed by atoms with Gasteiger partial charge in [0, 0.05) is 19.3 Å². The molecule has 0 bridgehead atoms. The van der Waals surface area contributed by atoms with Crippen LogP contribution in [0.1, 0.15) is 11.1 Å². The van der Waals surface area contributed by atoms with Crippen LogP contribution in [0.15, 0.2) is 12.1 Å². The molecule has 0 spiro atoms. The van der Waals surface area contributed by atoms with Crippen molar-refractivity contribution in [3.63, 3.8) is 0 Å². The first-order valence-corrected chi connectivity index (χ1v) is 5.11. The predicted octanol–water partition coefficient (Wildman–Crippen LogP) is 1.39. The highest BCUT2D eigenvalue weighted by Gasteiger charge is 2.14. The average Bonchev–Trinajstić information content (AvgIpc) is 2.31. The van der Waals surface area contributed by atoms with E-state index in [1.165, 1.54) is 0 Å². The first-order valence-electron chi connectivity index (χ1n) is 5.11. The van der Waals surface area contributed by atoms with E-state index in [2.05, 4.69) is 0 Å². The Labute approximate surface area is 95.8 Å². The SMILES string of the molecule is COCc1ccc(OC)c(OC)c1CCO. The summed E-state index contributed by atoms with van der Waals surface area (Å²) in [5, 5.41) is 9.06. The highest BCUT2D eigenvalue weighted by atomic mass is 16.5. The van der Waals surface area contributed by atoms with Crippen LogP contribution in [0.5, 0.6) is 11.5 Å². The molecule has 90 valence electrons. The summed E-state index contributed by atoms with van der Waals surface area (Å²) in [5.41, 5.74) is 1.94. The van der Waals surface area contributed by atoms with Crippen LogP contribution >= 0.6 is 0 Å². The second-order valence-corrected chi connectivity index (χ2v) is 3.35. The maximum atomic E-state index is 9.06. The fraction of sp³-hybridized carbons (Fsp3) is 0.500. The van der Waals surface area contributed by atoms with Crippen molar-refractivity contribution in [1.82, 2.24) is 0 Å². The predicted molar refractivity (Wildman–Crippen MR) is 61.0 cm³/mol. The Morgan fingerprint density at radius 1 is 1.12 bits per heavy atom. The molecule has 0 saturated carbocycles. The van der Waals surface area contributed by atoms with Gasteiger partial charge in [-0.2, -0.15) is 0 Å². The second kappa shape index (κ2) is 6.35. The van der Waals surface area contributed by atoms with Gasteiger partial charge in [-0.15, -0.1) is 0 Å².